The number of thioether (sulfide) groups is 1. The number of benzene rings is 2. The number of rotatable bonds is 8. The van der Waals surface area contributed by atoms with Crippen molar-refractivity contribution in [3.8, 4) is 5.75 Å². The quantitative estimate of drug-likeness (QED) is 0.331. The summed E-state index contributed by atoms with van der Waals surface area (Å²) in [5, 5.41) is 21.2. The zero-order valence-electron chi connectivity index (χ0n) is 13.1. The molecule has 0 spiro atoms. The van der Waals surface area contributed by atoms with E-state index in [2.05, 4.69) is 0 Å². The molecule has 0 heterocycles. The Kier molecular flexibility index (Phi) is 6.57. The molecule has 0 aliphatic carbocycles. The molecule has 128 valence electrons. The summed E-state index contributed by atoms with van der Waals surface area (Å²) in [6.45, 7) is 0. The first-order valence-corrected chi connectivity index (χ1v) is 8.38. The van der Waals surface area contributed by atoms with Crippen molar-refractivity contribution in [1.82, 2.24) is 0 Å². The first-order valence-electron chi connectivity index (χ1n) is 7.40. The number of ether oxygens (including phenoxy) is 1. The smallest absolute Gasteiger partial charge is 0.286 e. The molecule has 1 atom stereocenters. The van der Waals surface area contributed by atoms with E-state index in [0.29, 0.717) is 34.8 Å². The number of hydrogen-bond acceptors (Lipinski definition) is 5. The minimum absolute atomic E-state index is 0.00466. The Bertz CT molecular complexity index is 711. The fraction of sp³-hybridized carbons (Fsp3) is 0.294. The van der Waals surface area contributed by atoms with E-state index in [1.807, 2.05) is 0 Å². The Morgan fingerprint density at radius 1 is 1.33 bits per heavy atom. The number of methoxy groups -OCH3 is 1. The van der Waals surface area contributed by atoms with Crippen LogP contribution in [0.3, 0.4) is 0 Å². The molecule has 0 amide bonds. The predicted octanol–water partition coefficient (Wildman–Crippen LogP) is 4.35. The molecule has 2 aromatic carbocycles. The molecule has 7 heteroatoms. The molecule has 1 N–H and O–H groups in total. The van der Waals surface area contributed by atoms with Gasteiger partial charge in [0, 0.05) is 0 Å². The summed E-state index contributed by atoms with van der Waals surface area (Å²) in [6.07, 6.45) is 0.360. The number of nitro benzene ring substituents is 1. The fourth-order valence-electron chi connectivity index (χ4n) is 2.23. The SMILES string of the molecule is COc1ccc(SCCCC(O)c2cccc(F)c2)c([N+](=O)[O-])c1. The highest BCUT2D eigenvalue weighted by atomic mass is 32.2. The second kappa shape index (κ2) is 8.65. The van der Waals surface area contributed by atoms with Crippen LogP contribution in [0.25, 0.3) is 0 Å². The van der Waals surface area contributed by atoms with Crippen molar-refractivity contribution in [2.24, 2.45) is 0 Å². The van der Waals surface area contributed by atoms with Gasteiger partial charge in [0.15, 0.2) is 0 Å². The van der Waals surface area contributed by atoms with Gasteiger partial charge in [-0.05, 0) is 48.4 Å². The van der Waals surface area contributed by atoms with Crippen LogP contribution in [0, 0.1) is 15.9 Å². The summed E-state index contributed by atoms with van der Waals surface area (Å²) in [6, 6.07) is 10.6. The Morgan fingerprint density at radius 2 is 2.12 bits per heavy atom. The number of aliphatic hydroxyl groups is 1. The van der Waals surface area contributed by atoms with E-state index in [4.69, 9.17) is 4.74 Å². The van der Waals surface area contributed by atoms with Crippen LogP contribution < -0.4 is 4.74 Å². The van der Waals surface area contributed by atoms with E-state index < -0.39 is 11.0 Å². The highest BCUT2D eigenvalue weighted by molar-refractivity contribution is 7.99. The van der Waals surface area contributed by atoms with Crippen LogP contribution in [0.2, 0.25) is 0 Å². The average Bonchev–Trinajstić information content (AvgIpc) is 2.58. The van der Waals surface area contributed by atoms with Gasteiger partial charge in [-0.25, -0.2) is 4.39 Å². The van der Waals surface area contributed by atoms with E-state index in [1.165, 1.54) is 37.1 Å². The van der Waals surface area contributed by atoms with Gasteiger partial charge >= 0.3 is 0 Å². The summed E-state index contributed by atoms with van der Waals surface area (Å²) in [5.74, 6) is 0.668. The topological polar surface area (TPSA) is 72.6 Å². The predicted molar refractivity (Wildman–Crippen MR) is 91.0 cm³/mol. The van der Waals surface area contributed by atoms with Gasteiger partial charge in [0.1, 0.15) is 11.6 Å². The summed E-state index contributed by atoms with van der Waals surface area (Å²) < 4.78 is 18.1. The van der Waals surface area contributed by atoms with Crippen LogP contribution in [0.5, 0.6) is 5.75 Å². The van der Waals surface area contributed by atoms with Crippen molar-refractivity contribution in [3.05, 3.63) is 64.0 Å². The minimum Gasteiger partial charge on any atom is -0.497 e. The molecule has 0 fully saturated rings. The molecule has 0 radical (unpaired) electrons. The Labute approximate surface area is 143 Å². The number of hydrogen-bond donors (Lipinski definition) is 1. The average molecular weight is 351 g/mol. The van der Waals surface area contributed by atoms with E-state index in [-0.39, 0.29) is 11.5 Å². The summed E-state index contributed by atoms with van der Waals surface area (Å²) in [5.41, 5.74) is 0.542. The zero-order chi connectivity index (χ0) is 17.5. The van der Waals surface area contributed by atoms with Gasteiger partial charge in [-0.1, -0.05) is 12.1 Å². The molecule has 5 nitrogen and oxygen atoms in total. The molecule has 24 heavy (non-hydrogen) atoms. The normalized spacial score (nSPS) is 12.0. The number of nitro groups is 1. The van der Waals surface area contributed by atoms with Crippen LogP contribution in [0.1, 0.15) is 24.5 Å². The number of aliphatic hydroxyl groups excluding tert-OH is 1. The van der Waals surface area contributed by atoms with E-state index in [9.17, 15) is 19.6 Å². The van der Waals surface area contributed by atoms with Crippen molar-refractivity contribution < 1.29 is 19.2 Å². The lowest BCUT2D eigenvalue weighted by atomic mass is 10.1. The van der Waals surface area contributed by atoms with Crippen molar-refractivity contribution >= 4 is 17.4 Å². The number of halogens is 1. The lowest BCUT2D eigenvalue weighted by Gasteiger charge is -2.11. The maximum Gasteiger partial charge on any atom is 0.286 e. The van der Waals surface area contributed by atoms with E-state index >= 15 is 0 Å². The summed E-state index contributed by atoms with van der Waals surface area (Å²) in [7, 11) is 1.46. The highest BCUT2D eigenvalue weighted by Gasteiger charge is 2.16. The second-order valence-corrected chi connectivity index (χ2v) is 6.29. The van der Waals surface area contributed by atoms with Crippen molar-refractivity contribution in [3.63, 3.8) is 0 Å². The number of nitrogens with zero attached hydrogens (tertiary/aromatic N) is 1. The fourth-order valence-corrected chi connectivity index (χ4v) is 3.20. The molecule has 0 bridgehead atoms. The molecule has 2 aromatic rings. The second-order valence-electron chi connectivity index (χ2n) is 5.15. The maximum absolute atomic E-state index is 13.1. The van der Waals surface area contributed by atoms with Gasteiger partial charge in [-0.15, -0.1) is 11.8 Å². The van der Waals surface area contributed by atoms with Crippen LogP contribution in [-0.4, -0.2) is 22.9 Å². The third kappa shape index (κ3) is 4.94. The standard InChI is InChI=1S/C17H18FNO4S/c1-23-14-7-8-17(15(11-14)19(21)22)24-9-3-6-16(20)12-4-2-5-13(18)10-12/h2,4-5,7-8,10-11,16,20H,3,6,9H2,1H3. The molecule has 0 saturated heterocycles. The molecule has 0 aromatic heterocycles. The summed E-state index contributed by atoms with van der Waals surface area (Å²) >= 11 is 1.35. The first-order chi connectivity index (χ1) is 11.5. The van der Waals surface area contributed by atoms with Gasteiger partial charge in [0.25, 0.3) is 5.69 Å². The van der Waals surface area contributed by atoms with Crippen molar-refractivity contribution in [1.29, 1.82) is 0 Å². The molecule has 1 unspecified atom stereocenters. The van der Waals surface area contributed by atoms with Crippen molar-refractivity contribution in [2.45, 2.75) is 23.8 Å². The van der Waals surface area contributed by atoms with Gasteiger partial charge in [-0.2, -0.15) is 0 Å². The van der Waals surface area contributed by atoms with Crippen LogP contribution >= 0.6 is 11.8 Å². The largest absolute Gasteiger partial charge is 0.497 e. The van der Waals surface area contributed by atoms with Crippen LogP contribution in [-0.2, 0) is 0 Å². The molecule has 0 aliphatic rings. The lowest BCUT2D eigenvalue weighted by molar-refractivity contribution is -0.387. The third-order valence-corrected chi connectivity index (χ3v) is 4.62. The summed E-state index contributed by atoms with van der Waals surface area (Å²) in [4.78, 5) is 11.2. The minimum atomic E-state index is -0.743. The highest BCUT2D eigenvalue weighted by Crippen LogP contribution is 2.33. The monoisotopic (exact) mass is 351 g/mol. The van der Waals surface area contributed by atoms with Gasteiger partial charge in [0.05, 0.1) is 29.1 Å². The molecule has 0 aliphatic heterocycles. The van der Waals surface area contributed by atoms with Gasteiger partial charge in [0.2, 0.25) is 0 Å². The third-order valence-electron chi connectivity index (χ3n) is 3.48. The van der Waals surface area contributed by atoms with E-state index in [0.717, 1.165) is 0 Å². The lowest BCUT2D eigenvalue weighted by Crippen LogP contribution is -1.99. The maximum atomic E-state index is 13.1. The molecule has 2 rings (SSSR count). The van der Waals surface area contributed by atoms with Crippen LogP contribution in [0.4, 0.5) is 10.1 Å². The van der Waals surface area contributed by atoms with Crippen molar-refractivity contribution in [2.75, 3.05) is 12.9 Å². The Morgan fingerprint density at radius 3 is 2.79 bits per heavy atom. The van der Waals surface area contributed by atoms with E-state index in [1.54, 1.807) is 24.3 Å². The first kappa shape index (κ1) is 18.2. The van der Waals surface area contributed by atoms with Gasteiger partial charge in [-0.3, -0.25) is 10.1 Å². The van der Waals surface area contributed by atoms with Crippen LogP contribution in [0.15, 0.2) is 47.4 Å². The Hall–Kier alpha value is -2.12. The zero-order valence-corrected chi connectivity index (χ0v) is 14.0. The molecule has 0 saturated carbocycles. The Balaban J connectivity index is 1.89. The van der Waals surface area contributed by atoms with Gasteiger partial charge < -0.3 is 9.84 Å². The molecular weight excluding hydrogens is 333 g/mol. The molecular formula is C17H18FNO4S.